The number of aliphatic hydroxyl groups is 1. The van der Waals surface area contributed by atoms with Crippen LogP contribution in [0.5, 0.6) is 0 Å². The van der Waals surface area contributed by atoms with E-state index in [2.05, 4.69) is 51.8 Å². The second kappa shape index (κ2) is 10.7. The number of hydrogen-bond donors (Lipinski definition) is 3. The molecule has 184 valence electrons. The topological polar surface area (TPSA) is 90.4 Å². The molecule has 0 atom stereocenters. The highest BCUT2D eigenvalue weighted by Crippen LogP contribution is 2.33. The fourth-order valence-electron chi connectivity index (χ4n) is 5.10. The number of aliphatic hydroxyl groups excluding tert-OH is 1. The molecule has 3 heterocycles. The summed E-state index contributed by atoms with van der Waals surface area (Å²) in [6.45, 7) is 5.36. The molecular formula is C27H33N5O2S. The van der Waals surface area contributed by atoms with Crippen molar-refractivity contribution in [1.82, 2.24) is 9.97 Å². The maximum Gasteiger partial charge on any atom is 0.229 e. The fraction of sp³-hybridized carbons (Fsp3) is 0.444. The number of ketones is 1. The van der Waals surface area contributed by atoms with Gasteiger partial charge in [0, 0.05) is 36.9 Å². The first-order valence-corrected chi connectivity index (χ1v) is 13.4. The maximum absolute atomic E-state index is 11.7. The van der Waals surface area contributed by atoms with E-state index in [4.69, 9.17) is 9.97 Å². The fourth-order valence-corrected chi connectivity index (χ4v) is 5.88. The third kappa shape index (κ3) is 5.82. The molecule has 1 aliphatic heterocycles. The van der Waals surface area contributed by atoms with Gasteiger partial charge in [-0.3, -0.25) is 4.79 Å². The van der Waals surface area contributed by atoms with Gasteiger partial charge in [0.05, 0.1) is 16.3 Å². The molecule has 8 heteroatoms. The first kappa shape index (κ1) is 23.8. The quantitative estimate of drug-likeness (QED) is 0.358. The van der Waals surface area contributed by atoms with Gasteiger partial charge >= 0.3 is 0 Å². The van der Waals surface area contributed by atoms with Crippen LogP contribution in [0.1, 0.15) is 44.9 Å². The minimum Gasteiger partial charge on any atom is -0.393 e. The Bertz CT molecular complexity index is 1160. The molecular weight excluding hydrogens is 458 g/mol. The number of fused-ring (bicyclic) bond motifs is 1. The number of piperidine rings is 1. The van der Waals surface area contributed by atoms with Crippen LogP contribution < -0.4 is 15.5 Å². The number of rotatable bonds is 8. The minimum absolute atomic E-state index is 0.149. The standard InChI is InChI=1S/C27H33N5O2S/c1-2-22(33)17-18-3-5-19(6-4-18)28-26-25-24(13-16-35-25)30-27(31-26)29-20-7-9-21(10-8-20)32-14-11-23(34)12-15-32/h2,7-10,13,16,18-19,23,34H,1,3-6,11-12,14-15,17H2,(H2,28,29,30,31). The Morgan fingerprint density at radius 3 is 2.54 bits per heavy atom. The average Bonchev–Trinajstić information content (AvgIpc) is 3.35. The molecule has 35 heavy (non-hydrogen) atoms. The monoisotopic (exact) mass is 491 g/mol. The third-order valence-corrected chi connectivity index (χ3v) is 8.07. The molecule has 2 aliphatic rings. The van der Waals surface area contributed by atoms with Crippen LogP contribution in [0.3, 0.4) is 0 Å². The van der Waals surface area contributed by atoms with Crippen molar-refractivity contribution in [2.45, 2.75) is 57.1 Å². The van der Waals surface area contributed by atoms with Gasteiger partial charge in [-0.1, -0.05) is 6.58 Å². The van der Waals surface area contributed by atoms with Crippen molar-refractivity contribution in [2.24, 2.45) is 5.92 Å². The van der Waals surface area contributed by atoms with Crippen LogP contribution in [0, 0.1) is 5.92 Å². The number of nitrogens with one attached hydrogen (secondary N) is 2. The molecule has 3 aromatic rings. The van der Waals surface area contributed by atoms with Gasteiger partial charge in [0.2, 0.25) is 5.95 Å². The zero-order valence-corrected chi connectivity index (χ0v) is 20.8. The molecule has 0 unspecified atom stereocenters. The van der Waals surface area contributed by atoms with Crippen molar-refractivity contribution >= 4 is 50.5 Å². The highest BCUT2D eigenvalue weighted by atomic mass is 32.1. The van der Waals surface area contributed by atoms with E-state index in [1.165, 1.54) is 11.8 Å². The summed E-state index contributed by atoms with van der Waals surface area (Å²) in [7, 11) is 0. The third-order valence-electron chi connectivity index (χ3n) is 7.16. The van der Waals surface area contributed by atoms with Crippen LogP contribution >= 0.6 is 11.3 Å². The molecule has 3 N–H and O–H groups in total. The zero-order valence-electron chi connectivity index (χ0n) is 19.9. The number of anilines is 4. The number of benzene rings is 1. The SMILES string of the molecule is C=CC(=O)CC1CCC(Nc2nc(Nc3ccc(N4CCC(O)CC4)cc3)nc3ccsc23)CC1. The van der Waals surface area contributed by atoms with Gasteiger partial charge in [-0.05, 0) is 86.2 Å². The lowest BCUT2D eigenvalue weighted by Gasteiger charge is -2.31. The molecule has 5 rings (SSSR count). The summed E-state index contributed by atoms with van der Waals surface area (Å²) < 4.78 is 1.07. The Balaban J connectivity index is 1.25. The summed E-state index contributed by atoms with van der Waals surface area (Å²) in [5, 5.41) is 18.8. The van der Waals surface area contributed by atoms with Crippen molar-refractivity contribution < 1.29 is 9.90 Å². The van der Waals surface area contributed by atoms with Crippen LogP contribution in [0.4, 0.5) is 23.1 Å². The lowest BCUT2D eigenvalue weighted by atomic mass is 9.83. The summed E-state index contributed by atoms with van der Waals surface area (Å²) in [4.78, 5) is 23.6. The van der Waals surface area contributed by atoms with E-state index in [-0.39, 0.29) is 11.9 Å². The number of thiophene rings is 1. The summed E-state index contributed by atoms with van der Waals surface area (Å²) in [6.07, 6.45) is 7.68. The predicted molar refractivity (Wildman–Crippen MR) is 144 cm³/mol. The molecule has 1 saturated heterocycles. The molecule has 1 aliphatic carbocycles. The summed E-state index contributed by atoms with van der Waals surface area (Å²) >= 11 is 1.65. The molecule has 1 saturated carbocycles. The van der Waals surface area contributed by atoms with Crippen molar-refractivity contribution in [3.05, 3.63) is 48.4 Å². The number of aromatic nitrogens is 2. The van der Waals surface area contributed by atoms with Crippen molar-refractivity contribution in [3.8, 4) is 0 Å². The normalized spacial score (nSPS) is 21.1. The Kier molecular flexibility index (Phi) is 7.29. The van der Waals surface area contributed by atoms with Gasteiger partial charge in [-0.2, -0.15) is 4.98 Å². The van der Waals surface area contributed by atoms with Gasteiger partial charge in [-0.15, -0.1) is 11.3 Å². The molecule has 0 bridgehead atoms. The van der Waals surface area contributed by atoms with Crippen LogP contribution in [0.2, 0.25) is 0 Å². The Morgan fingerprint density at radius 1 is 1.09 bits per heavy atom. The van der Waals surface area contributed by atoms with Gasteiger partial charge < -0.3 is 20.6 Å². The van der Waals surface area contributed by atoms with E-state index >= 15 is 0 Å². The van der Waals surface area contributed by atoms with Crippen LogP contribution in [0.25, 0.3) is 10.2 Å². The number of nitrogens with zero attached hydrogens (tertiary/aromatic N) is 3. The van der Waals surface area contributed by atoms with Crippen LogP contribution in [-0.4, -0.2) is 46.1 Å². The van der Waals surface area contributed by atoms with E-state index < -0.39 is 0 Å². The number of hydrogen-bond acceptors (Lipinski definition) is 8. The predicted octanol–water partition coefficient (Wildman–Crippen LogP) is 5.51. The van der Waals surface area contributed by atoms with Crippen molar-refractivity contribution in [3.63, 3.8) is 0 Å². The maximum atomic E-state index is 11.7. The Labute approximate surface area is 210 Å². The highest BCUT2D eigenvalue weighted by molar-refractivity contribution is 7.17. The van der Waals surface area contributed by atoms with Gasteiger partial charge in [0.25, 0.3) is 0 Å². The number of carbonyl (C=O) groups excluding carboxylic acids is 1. The van der Waals surface area contributed by atoms with Gasteiger partial charge in [0.1, 0.15) is 5.82 Å². The summed E-state index contributed by atoms with van der Waals surface area (Å²) in [5.74, 6) is 2.07. The molecule has 2 fully saturated rings. The van der Waals surface area contributed by atoms with Crippen LogP contribution in [-0.2, 0) is 4.79 Å². The van der Waals surface area contributed by atoms with Crippen molar-refractivity contribution in [1.29, 1.82) is 0 Å². The van der Waals surface area contributed by atoms with E-state index in [0.29, 0.717) is 24.3 Å². The average molecular weight is 492 g/mol. The second-order valence-corrected chi connectivity index (χ2v) is 10.6. The van der Waals surface area contributed by atoms with Crippen molar-refractivity contribution in [2.75, 3.05) is 28.6 Å². The first-order chi connectivity index (χ1) is 17.1. The lowest BCUT2D eigenvalue weighted by molar-refractivity contribution is -0.115. The Hall–Kier alpha value is -2.97. The largest absolute Gasteiger partial charge is 0.393 e. The van der Waals surface area contributed by atoms with Gasteiger partial charge in [0.15, 0.2) is 5.78 Å². The number of allylic oxidation sites excluding steroid dienone is 1. The molecule has 0 radical (unpaired) electrons. The van der Waals surface area contributed by atoms with E-state index in [9.17, 15) is 9.90 Å². The zero-order chi connectivity index (χ0) is 24.2. The molecule has 7 nitrogen and oxygen atoms in total. The molecule has 0 amide bonds. The molecule has 2 aromatic heterocycles. The van der Waals surface area contributed by atoms with E-state index in [1.54, 1.807) is 11.3 Å². The highest BCUT2D eigenvalue weighted by Gasteiger charge is 2.24. The Morgan fingerprint density at radius 2 is 1.83 bits per heavy atom. The lowest BCUT2D eigenvalue weighted by Crippen LogP contribution is -2.35. The second-order valence-electron chi connectivity index (χ2n) is 9.66. The van der Waals surface area contributed by atoms with Gasteiger partial charge in [-0.25, -0.2) is 4.98 Å². The smallest absolute Gasteiger partial charge is 0.229 e. The molecule has 0 spiro atoms. The summed E-state index contributed by atoms with van der Waals surface area (Å²) in [5.41, 5.74) is 3.05. The van der Waals surface area contributed by atoms with E-state index in [0.717, 1.165) is 73.3 Å². The molecule has 1 aromatic carbocycles. The number of carbonyl (C=O) groups is 1. The van der Waals surface area contributed by atoms with E-state index in [1.807, 2.05) is 6.07 Å². The first-order valence-electron chi connectivity index (χ1n) is 12.5. The minimum atomic E-state index is -0.171. The summed E-state index contributed by atoms with van der Waals surface area (Å²) in [6, 6.07) is 10.7. The van der Waals surface area contributed by atoms with Crippen LogP contribution in [0.15, 0.2) is 48.4 Å².